The van der Waals surface area contributed by atoms with E-state index in [1.54, 1.807) is 24.3 Å². The molecule has 1 atom stereocenters. The van der Waals surface area contributed by atoms with Crippen molar-refractivity contribution in [2.24, 2.45) is 5.84 Å². The second kappa shape index (κ2) is 5.58. The summed E-state index contributed by atoms with van der Waals surface area (Å²) < 4.78 is 5.42. The van der Waals surface area contributed by atoms with Gasteiger partial charge in [-0.15, -0.1) is 0 Å². The average Bonchev–Trinajstić information content (AvgIpc) is 2.25. The van der Waals surface area contributed by atoms with E-state index >= 15 is 0 Å². The van der Waals surface area contributed by atoms with Crippen LogP contribution in [0.15, 0.2) is 24.3 Å². The average molecular weight is 229 g/mol. The van der Waals surface area contributed by atoms with E-state index in [1.165, 1.54) is 0 Å². The molecule has 0 spiro atoms. The van der Waals surface area contributed by atoms with Gasteiger partial charge in [0.2, 0.25) is 0 Å². The molecule has 15 heavy (non-hydrogen) atoms. The zero-order chi connectivity index (χ0) is 11.3. The number of benzene rings is 1. The van der Waals surface area contributed by atoms with Gasteiger partial charge < -0.3 is 4.74 Å². The Balaban J connectivity index is 2.70. The molecule has 1 aromatic carbocycles. The molecule has 1 aromatic rings. The molecule has 0 aliphatic heterocycles. The van der Waals surface area contributed by atoms with Crippen LogP contribution in [0.25, 0.3) is 0 Å². The van der Waals surface area contributed by atoms with Crippen LogP contribution in [-0.2, 0) is 4.79 Å². The van der Waals surface area contributed by atoms with Crippen LogP contribution in [-0.4, -0.2) is 12.0 Å². The molecule has 0 unspecified atom stereocenters. The van der Waals surface area contributed by atoms with Gasteiger partial charge in [-0.05, 0) is 24.6 Å². The maximum absolute atomic E-state index is 11.2. The summed E-state index contributed by atoms with van der Waals surface area (Å²) in [7, 11) is 0. The molecule has 5 heteroatoms. The number of hydrogen-bond donors (Lipinski definition) is 2. The zero-order valence-electron chi connectivity index (χ0n) is 8.37. The molecule has 0 aliphatic carbocycles. The molecule has 82 valence electrons. The molecule has 0 radical (unpaired) electrons. The summed E-state index contributed by atoms with van der Waals surface area (Å²) in [4.78, 5) is 11.2. The molecule has 0 aliphatic rings. The SMILES string of the molecule is CC[C@H](Oc1cccc(Cl)c1)C(=O)NN. The standard InChI is InChI=1S/C10H13ClN2O2/c1-2-9(10(14)13-12)15-8-5-3-4-7(11)6-8/h3-6,9H,2,12H2,1H3,(H,13,14)/t9-/m0/s1. The van der Waals surface area contributed by atoms with Crippen molar-refractivity contribution in [1.29, 1.82) is 0 Å². The molecule has 0 heterocycles. The van der Waals surface area contributed by atoms with Gasteiger partial charge in [-0.2, -0.15) is 0 Å². The Labute approximate surface area is 93.3 Å². The first-order valence-electron chi connectivity index (χ1n) is 4.60. The minimum absolute atomic E-state index is 0.350. The van der Waals surface area contributed by atoms with E-state index in [4.69, 9.17) is 22.2 Å². The predicted molar refractivity (Wildman–Crippen MR) is 58.5 cm³/mol. The Bertz CT molecular complexity index is 344. The van der Waals surface area contributed by atoms with E-state index in [9.17, 15) is 4.79 Å². The lowest BCUT2D eigenvalue weighted by Gasteiger charge is -2.15. The van der Waals surface area contributed by atoms with Crippen LogP contribution in [0, 0.1) is 0 Å². The quantitative estimate of drug-likeness (QED) is 0.466. The Morgan fingerprint density at radius 2 is 2.40 bits per heavy atom. The summed E-state index contributed by atoms with van der Waals surface area (Å²) in [5, 5.41) is 0.565. The van der Waals surface area contributed by atoms with E-state index in [0.29, 0.717) is 17.2 Å². The molecule has 0 saturated carbocycles. The molecule has 1 rings (SSSR count). The van der Waals surface area contributed by atoms with Crippen LogP contribution in [0.5, 0.6) is 5.75 Å². The lowest BCUT2D eigenvalue weighted by atomic mass is 10.2. The minimum Gasteiger partial charge on any atom is -0.481 e. The van der Waals surface area contributed by atoms with Crippen LogP contribution >= 0.6 is 11.6 Å². The second-order valence-corrected chi connectivity index (χ2v) is 3.42. The number of carbonyl (C=O) groups excluding carboxylic acids is 1. The van der Waals surface area contributed by atoms with Crippen molar-refractivity contribution in [1.82, 2.24) is 5.43 Å². The number of nitrogens with one attached hydrogen (secondary N) is 1. The van der Waals surface area contributed by atoms with Gasteiger partial charge in [-0.3, -0.25) is 10.2 Å². The molecule has 1 amide bonds. The van der Waals surface area contributed by atoms with E-state index in [0.717, 1.165) is 0 Å². The largest absolute Gasteiger partial charge is 0.481 e. The van der Waals surface area contributed by atoms with Gasteiger partial charge in [0.25, 0.3) is 5.91 Å². The van der Waals surface area contributed by atoms with Gasteiger partial charge in [0, 0.05) is 5.02 Å². The fraction of sp³-hybridized carbons (Fsp3) is 0.300. The summed E-state index contributed by atoms with van der Waals surface area (Å²) in [5.41, 5.74) is 2.05. The third-order valence-corrected chi connectivity index (χ3v) is 2.12. The van der Waals surface area contributed by atoms with Crippen LogP contribution in [0.3, 0.4) is 0 Å². The molecular weight excluding hydrogens is 216 g/mol. The van der Waals surface area contributed by atoms with Gasteiger partial charge >= 0.3 is 0 Å². The maximum Gasteiger partial charge on any atom is 0.274 e. The Hall–Kier alpha value is -1.26. The molecule has 0 saturated heterocycles. The van der Waals surface area contributed by atoms with E-state index in [2.05, 4.69) is 5.43 Å². The highest BCUT2D eigenvalue weighted by Crippen LogP contribution is 2.18. The first kappa shape index (κ1) is 11.8. The number of rotatable bonds is 4. The summed E-state index contributed by atoms with van der Waals surface area (Å²) in [6.45, 7) is 1.84. The highest BCUT2D eigenvalue weighted by molar-refractivity contribution is 6.30. The smallest absolute Gasteiger partial charge is 0.274 e. The Morgan fingerprint density at radius 3 is 2.93 bits per heavy atom. The lowest BCUT2D eigenvalue weighted by molar-refractivity contribution is -0.128. The highest BCUT2D eigenvalue weighted by Gasteiger charge is 2.16. The summed E-state index contributed by atoms with van der Waals surface area (Å²) >= 11 is 5.78. The Kier molecular flexibility index (Phi) is 4.39. The van der Waals surface area contributed by atoms with Gasteiger partial charge in [0.15, 0.2) is 6.10 Å². The van der Waals surface area contributed by atoms with Crippen molar-refractivity contribution in [3.63, 3.8) is 0 Å². The fourth-order valence-electron chi connectivity index (χ4n) is 1.12. The first-order valence-corrected chi connectivity index (χ1v) is 4.97. The van der Waals surface area contributed by atoms with E-state index < -0.39 is 6.10 Å². The number of carbonyl (C=O) groups is 1. The minimum atomic E-state index is -0.589. The number of hydrogen-bond acceptors (Lipinski definition) is 3. The van der Waals surface area contributed by atoms with Crippen LogP contribution < -0.4 is 16.0 Å². The summed E-state index contributed by atoms with van der Waals surface area (Å²) in [6.07, 6.45) is -0.0521. The molecule has 0 aromatic heterocycles. The molecular formula is C10H13ClN2O2. The first-order chi connectivity index (χ1) is 7.17. The van der Waals surface area contributed by atoms with Crippen molar-refractivity contribution < 1.29 is 9.53 Å². The summed E-state index contributed by atoms with van der Waals surface area (Å²) in [5.74, 6) is 5.23. The van der Waals surface area contributed by atoms with Crippen LogP contribution in [0.2, 0.25) is 5.02 Å². The highest BCUT2D eigenvalue weighted by atomic mass is 35.5. The monoisotopic (exact) mass is 228 g/mol. The molecule has 0 fully saturated rings. The predicted octanol–water partition coefficient (Wildman–Crippen LogP) is 1.49. The molecule has 4 nitrogen and oxygen atoms in total. The van der Waals surface area contributed by atoms with Crippen molar-refractivity contribution >= 4 is 17.5 Å². The van der Waals surface area contributed by atoms with Crippen LogP contribution in [0.4, 0.5) is 0 Å². The number of amides is 1. The van der Waals surface area contributed by atoms with Crippen molar-refractivity contribution in [3.8, 4) is 5.75 Å². The maximum atomic E-state index is 11.2. The number of nitrogens with two attached hydrogens (primary N) is 1. The van der Waals surface area contributed by atoms with E-state index in [1.807, 2.05) is 6.92 Å². The second-order valence-electron chi connectivity index (χ2n) is 2.98. The number of halogens is 1. The zero-order valence-corrected chi connectivity index (χ0v) is 9.12. The van der Waals surface area contributed by atoms with Gasteiger partial charge in [0.05, 0.1) is 0 Å². The van der Waals surface area contributed by atoms with Crippen molar-refractivity contribution in [2.45, 2.75) is 19.4 Å². The van der Waals surface area contributed by atoms with E-state index in [-0.39, 0.29) is 5.91 Å². The number of ether oxygens (including phenoxy) is 1. The van der Waals surface area contributed by atoms with Crippen LogP contribution in [0.1, 0.15) is 13.3 Å². The van der Waals surface area contributed by atoms with Crippen molar-refractivity contribution in [3.05, 3.63) is 29.3 Å². The molecule has 0 bridgehead atoms. The lowest BCUT2D eigenvalue weighted by Crippen LogP contribution is -2.41. The molecule has 3 N–H and O–H groups in total. The van der Waals surface area contributed by atoms with Crippen molar-refractivity contribution in [2.75, 3.05) is 0 Å². The van der Waals surface area contributed by atoms with Gasteiger partial charge in [0.1, 0.15) is 5.75 Å². The number of hydrazine groups is 1. The Morgan fingerprint density at radius 1 is 1.67 bits per heavy atom. The topological polar surface area (TPSA) is 64.3 Å². The normalized spacial score (nSPS) is 11.9. The van der Waals surface area contributed by atoms with Gasteiger partial charge in [-0.25, -0.2) is 5.84 Å². The third kappa shape index (κ3) is 3.42. The fourth-order valence-corrected chi connectivity index (χ4v) is 1.30. The van der Waals surface area contributed by atoms with Gasteiger partial charge in [-0.1, -0.05) is 24.6 Å². The third-order valence-electron chi connectivity index (χ3n) is 1.88. The summed E-state index contributed by atoms with van der Waals surface area (Å²) in [6, 6.07) is 6.87.